The Morgan fingerprint density at radius 3 is 2.31 bits per heavy atom. The van der Waals surface area contributed by atoms with E-state index >= 15 is 0 Å². The van der Waals surface area contributed by atoms with Gasteiger partial charge in [0.25, 0.3) is 0 Å². The molecule has 4 aromatic carbocycles. The Hall–Kier alpha value is -4.65. The second kappa shape index (κ2) is 15.5. The molecule has 0 radical (unpaired) electrons. The highest BCUT2D eigenvalue weighted by Gasteiger charge is 2.21. The number of rotatable bonds is 13. The van der Waals surface area contributed by atoms with Crippen LogP contribution in [0.15, 0.2) is 113 Å². The van der Waals surface area contributed by atoms with E-state index in [1.54, 1.807) is 0 Å². The van der Waals surface area contributed by atoms with E-state index in [2.05, 4.69) is 20.8 Å². The molecule has 0 saturated carbocycles. The van der Waals surface area contributed by atoms with Crippen LogP contribution in [0.2, 0.25) is 0 Å². The van der Waals surface area contributed by atoms with E-state index < -0.39 is 5.25 Å². The second-order valence-electron chi connectivity index (χ2n) is 11.0. The molecule has 2 aromatic heterocycles. The summed E-state index contributed by atoms with van der Waals surface area (Å²) in [4.78, 5) is 30.9. The molecule has 0 fully saturated rings. The Morgan fingerprint density at radius 1 is 0.917 bits per heavy atom. The van der Waals surface area contributed by atoms with Crippen molar-refractivity contribution in [2.75, 3.05) is 11.1 Å². The van der Waals surface area contributed by atoms with Crippen LogP contribution in [0.3, 0.4) is 0 Å². The highest BCUT2D eigenvalue weighted by atomic mass is 32.2. The molecule has 0 aliphatic heterocycles. The molecule has 1 atom stereocenters. The summed E-state index contributed by atoms with van der Waals surface area (Å²) in [5.74, 6) is 1.47. The Labute approximate surface area is 291 Å². The van der Waals surface area contributed by atoms with Gasteiger partial charge in [-0.3, -0.25) is 9.59 Å². The van der Waals surface area contributed by atoms with Crippen molar-refractivity contribution in [1.82, 2.24) is 25.1 Å². The predicted octanol–water partition coefficient (Wildman–Crippen LogP) is 7.43. The molecule has 0 aliphatic rings. The van der Waals surface area contributed by atoms with Gasteiger partial charge < -0.3 is 19.9 Å². The molecule has 0 bridgehead atoms. The molecule has 6 rings (SSSR count). The number of thiazole rings is 1. The van der Waals surface area contributed by atoms with Gasteiger partial charge in [-0.05, 0) is 54.8 Å². The maximum absolute atomic E-state index is 13.1. The van der Waals surface area contributed by atoms with Gasteiger partial charge >= 0.3 is 0 Å². The lowest BCUT2D eigenvalue weighted by molar-refractivity contribution is -0.119. The predicted molar refractivity (Wildman–Crippen MR) is 194 cm³/mol. The van der Waals surface area contributed by atoms with Crippen molar-refractivity contribution in [2.45, 2.75) is 41.2 Å². The number of nitrogens with zero attached hydrogens (tertiary/aromatic N) is 4. The molecular weight excluding hydrogens is 661 g/mol. The third kappa shape index (κ3) is 8.25. The van der Waals surface area contributed by atoms with Crippen LogP contribution >= 0.6 is 34.9 Å². The highest BCUT2D eigenvalue weighted by molar-refractivity contribution is 8.01. The van der Waals surface area contributed by atoms with E-state index in [1.807, 2.05) is 129 Å². The van der Waals surface area contributed by atoms with Crippen LogP contribution in [0, 0.1) is 6.92 Å². The summed E-state index contributed by atoms with van der Waals surface area (Å²) in [5.41, 5.74) is 4.58. The number of carbonyl (C=O) groups is 2. The number of amides is 2. The van der Waals surface area contributed by atoms with Gasteiger partial charge in [0.05, 0.1) is 27.3 Å². The van der Waals surface area contributed by atoms with Crippen molar-refractivity contribution in [3.05, 3.63) is 126 Å². The SMILES string of the molecule is Cc1ccccc1OCc1nnc(S[C@@H](C)C(=O)Nc2ccc3nc(SCC(=O)NC(c4ccccc4)c4ccccc4)sc3c2)n1C. The minimum atomic E-state index is -0.421. The van der Waals surface area contributed by atoms with Gasteiger partial charge in [-0.2, -0.15) is 0 Å². The fraction of sp³-hybridized carbons (Fsp3) is 0.194. The summed E-state index contributed by atoms with van der Waals surface area (Å²) in [6.07, 6.45) is 0. The largest absolute Gasteiger partial charge is 0.485 e. The van der Waals surface area contributed by atoms with Crippen LogP contribution in [0.4, 0.5) is 5.69 Å². The highest BCUT2D eigenvalue weighted by Crippen LogP contribution is 2.32. The van der Waals surface area contributed by atoms with Crippen molar-refractivity contribution in [3.63, 3.8) is 0 Å². The quantitative estimate of drug-likeness (QED) is 0.120. The van der Waals surface area contributed by atoms with Crippen LogP contribution in [0.1, 0.15) is 35.5 Å². The molecular formula is C36H34N6O3S3. The molecule has 0 spiro atoms. The minimum Gasteiger partial charge on any atom is -0.485 e. The average molecular weight is 695 g/mol. The number of carbonyl (C=O) groups excluding carboxylic acids is 2. The number of benzene rings is 4. The first-order valence-corrected chi connectivity index (χ1v) is 18.0. The van der Waals surface area contributed by atoms with Gasteiger partial charge in [0, 0.05) is 12.7 Å². The lowest BCUT2D eigenvalue weighted by Gasteiger charge is -2.19. The van der Waals surface area contributed by atoms with Crippen molar-refractivity contribution < 1.29 is 14.3 Å². The Bertz CT molecular complexity index is 1980. The summed E-state index contributed by atoms with van der Waals surface area (Å²) >= 11 is 4.22. The summed E-state index contributed by atoms with van der Waals surface area (Å²) in [7, 11) is 1.87. The van der Waals surface area contributed by atoms with E-state index in [9.17, 15) is 9.59 Å². The molecule has 9 nitrogen and oxygen atoms in total. The van der Waals surface area contributed by atoms with Crippen molar-refractivity contribution in [1.29, 1.82) is 0 Å². The molecule has 48 heavy (non-hydrogen) atoms. The molecule has 2 amide bonds. The number of nitrogens with one attached hydrogen (secondary N) is 2. The lowest BCUT2D eigenvalue weighted by Crippen LogP contribution is -2.30. The number of aromatic nitrogens is 4. The lowest BCUT2D eigenvalue weighted by atomic mass is 9.99. The standard InChI is InChI=1S/C36H34N6O3S3/c1-23-12-10-11-17-29(23)45-21-31-40-41-35(42(31)3)47-24(2)34(44)37-27-18-19-28-30(20-27)48-36(38-28)46-22-32(43)39-33(25-13-6-4-7-14-25)26-15-8-5-9-16-26/h4-20,24,33H,21-22H2,1-3H3,(H,37,44)(H,39,43)/t24-/m0/s1. The van der Waals surface area contributed by atoms with Crippen LogP contribution in [0.25, 0.3) is 10.2 Å². The summed E-state index contributed by atoms with van der Waals surface area (Å²) in [6, 6.07) is 33.1. The molecule has 0 saturated heterocycles. The van der Waals surface area contributed by atoms with E-state index in [1.165, 1.54) is 34.9 Å². The number of para-hydroxylation sites is 1. The van der Waals surface area contributed by atoms with Gasteiger partial charge in [-0.15, -0.1) is 21.5 Å². The smallest absolute Gasteiger partial charge is 0.237 e. The monoisotopic (exact) mass is 694 g/mol. The molecule has 0 unspecified atom stereocenters. The molecule has 0 aliphatic carbocycles. The topological polar surface area (TPSA) is 111 Å². The Morgan fingerprint density at radius 2 is 1.60 bits per heavy atom. The Kier molecular flexibility index (Phi) is 10.7. The van der Waals surface area contributed by atoms with Crippen LogP contribution in [0.5, 0.6) is 5.75 Å². The number of thioether (sulfide) groups is 2. The van der Waals surface area contributed by atoms with Crippen molar-refractivity contribution in [3.8, 4) is 5.75 Å². The summed E-state index contributed by atoms with van der Waals surface area (Å²) in [6.45, 7) is 4.11. The number of hydrogen-bond donors (Lipinski definition) is 2. The molecule has 244 valence electrons. The van der Waals surface area contributed by atoms with Crippen LogP contribution in [-0.4, -0.2) is 42.6 Å². The number of ether oxygens (including phenoxy) is 1. The number of hydrogen-bond acceptors (Lipinski definition) is 9. The number of anilines is 1. The van der Waals surface area contributed by atoms with Crippen LogP contribution < -0.4 is 15.4 Å². The Balaban J connectivity index is 1.03. The van der Waals surface area contributed by atoms with Gasteiger partial charge in [0.2, 0.25) is 11.8 Å². The van der Waals surface area contributed by atoms with Crippen molar-refractivity contribution >= 4 is 62.6 Å². The van der Waals surface area contributed by atoms with E-state index in [0.717, 1.165) is 37.0 Å². The third-order valence-electron chi connectivity index (χ3n) is 7.56. The zero-order valence-corrected chi connectivity index (χ0v) is 29.1. The fourth-order valence-electron chi connectivity index (χ4n) is 4.91. The first kappa shape index (κ1) is 33.3. The van der Waals surface area contributed by atoms with Gasteiger partial charge in [0.1, 0.15) is 12.4 Å². The zero-order chi connectivity index (χ0) is 33.5. The van der Waals surface area contributed by atoms with Gasteiger partial charge in [-0.25, -0.2) is 4.98 Å². The van der Waals surface area contributed by atoms with Crippen molar-refractivity contribution in [2.24, 2.45) is 7.05 Å². The maximum atomic E-state index is 13.1. The second-order valence-corrected chi connectivity index (χ2v) is 14.6. The normalized spacial score (nSPS) is 11.8. The summed E-state index contributed by atoms with van der Waals surface area (Å²) < 4.78 is 9.48. The molecule has 6 aromatic rings. The molecule has 2 N–H and O–H groups in total. The third-order valence-corrected chi connectivity index (χ3v) is 10.9. The summed E-state index contributed by atoms with van der Waals surface area (Å²) in [5, 5.41) is 14.9. The maximum Gasteiger partial charge on any atom is 0.237 e. The van der Waals surface area contributed by atoms with E-state index in [-0.39, 0.29) is 30.2 Å². The molecule has 2 heterocycles. The number of fused-ring (bicyclic) bond motifs is 1. The van der Waals surface area contributed by atoms with E-state index in [4.69, 9.17) is 9.72 Å². The van der Waals surface area contributed by atoms with Gasteiger partial charge in [-0.1, -0.05) is 102 Å². The average Bonchev–Trinajstić information content (AvgIpc) is 3.68. The first-order chi connectivity index (χ1) is 23.3. The first-order valence-electron chi connectivity index (χ1n) is 15.3. The number of aryl methyl sites for hydroxylation is 1. The van der Waals surface area contributed by atoms with E-state index in [0.29, 0.717) is 16.7 Å². The molecule has 12 heteroatoms. The zero-order valence-electron chi connectivity index (χ0n) is 26.6. The van der Waals surface area contributed by atoms with Gasteiger partial charge in [0.15, 0.2) is 15.3 Å². The van der Waals surface area contributed by atoms with Crippen LogP contribution in [-0.2, 0) is 23.2 Å². The minimum absolute atomic E-state index is 0.0785. The fourth-order valence-corrected chi connectivity index (χ4v) is 7.67.